The van der Waals surface area contributed by atoms with E-state index in [1.54, 1.807) is 0 Å². The molecule has 0 radical (unpaired) electrons. The van der Waals surface area contributed by atoms with Crippen LogP contribution >= 0.6 is 0 Å². The lowest BCUT2D eigenvalue weighted by Gasteiger charge is -2.44. The van der Waals surface area contributed by atoms with Gasteiger partial charge in [-0.1, -0.05) is 34.6 Å². The van der Waals surface area contributed by atoms with E-state index >= 15 is 0 Å². The first kappa shape index (κ1) is 15.8. The van der Waals surface area contributed by atoms with Crippen molar-refractivity contribution in [3.8, 4) is 0 Å². The molecule has 0 aromatic heterocycles. The van der Waals surface area contributed by atoms with E-state index in [4.69, 9.17) is 0 Å². The minimum Gasteiger partial charge on any atom is -0.480 e. The molecule has 19 heavy (non-hydrogen) atoms. The molecule has 0 bridgehead atoms. The maximum atomic E-state index is 12.2. The molecule has 0 saturated carbocycles. The summed E-state index contributed by atoms with van der Waals surface area (Å²) in [4.78, 5) is 25.1. The smallest absolute Gasteiger partial charge is 0.327 e. The van der Waals surface area contributed by atoms with Gasteiger partial charge in [0.1, 0.15) is 6.04 Å². The van der Waals surface area contributed by atoms with Crippen LogP contribution in [0, 0.1) is 10.8 Å². The summed E-state index contributed by atoms with van der Waals surface area (Å²) >= 11 is 0. The lowest BCUT2D eigenvalue weighted by molar-refractivity contribution is -0.148. The van der Waals surface area contributed by atoms with Crippen molar-refractivity contribution in [2.75, 3.05) is 13.1 Å². The number of nitrogens with one attached hydrogen (secondary N) is 1. The summed E-state index contributed by atoms with van der Waals surface area (Å²) in [6.45, 7) is 11.0. The summed E-state index contributed by atoms with van der Waals surface area (Å²) < 4.78 is 0. The number of carboxylic acid groups (broad SMARTS) is 1. The van der Waals surface area contributed by atoms with Gasteiger partial charge in [-0.25, -0.2) is 9.59 Å². The molecule has 1 saturated heterocycles. The number of carbonyl (C=O) groups excluding carboxylic acids is 1. The molecule has 0 aliphatic carbocycles. The first-order valence-electron chi connectivity index (χ1n) is 6.82. The number of hydrogen-bond donors (Lipinski definition) is 2. The number of likely N-dealkylation sites (tertiary alicyclic amines) is 1. The minimum absolute atomic E-state index is 0.0142. The Morgan fingerprint density at radius 1 is 1.37 bits per heavy atom. The van der Waals surface area contributed by atoms with Gasteiger partial charge in [-0.2, -0.15) is 0 Å². The van der Waals surface area contributed by atoms with Crippen LogP contribution in [0.3, 0.4) is 0 Å². The first-order chi connectivity index (χ1) is 8.54. The molecular weight excluding hydrogens is 244 g/mol. The zero-order valence-corrected chi connectivity index (χ0v) is 12.6. The van der Waals surface area contributed by atoms with Gasteiger partial charge >= 0.3 is 12.0 Å². The molecule has 1 rings (SSSR count). The predicted molar refractivity (Wildman–Crippen MR) is 74.0 cm³/mol. The summed E-state index contributed by atoms with van der Waals surface area (Å²) in [5.74, 6) is -0.921. The van der Waals surface area contributed by atoms with E-state index in [9.17, 15) is 14.7 Å². The quantitative estimate of drug-likeness (QED) is 0.809. The second-order valence-corrected chi connectivity index (χ2v) is 7.25. The Balaban J connectivity index is 2.79. The number of amides is 2. The number of hydrogen-bond acceptors (Lipinski definition) is 2. The van der Waals surface area contributed by atoms with Crippen molar-refractivity contribution in [3.63, 3.8) is 0 Å². The van der Waals surface area contributed by atoms with Crippen molar-refractivity contribution in [1.29, 1.82) is 0 Å². The fourth-order valence-electron chi connectivity index (χ4n) is 2.52. The predicted octanol–water partition coefficient (Wildman–Crippen LogP) is 2.32. The zero-order chi connectivity index (χ0) is 14.8. The van der Waals surface area contributed by atoms with E-state index in [0.717, 1.165) is 12.8 Å². The van der Waals surface area contributed by atoms with Gasteiger partial charge in [-0.05, 0) is 23.7 Å². The fourth-order valence-corrected chi connectivity index (χ4v) is 2.52. The molecule has 1 aliphatic rings. The molecule has 0 spiro atoms. The number of rotatable bonds is 2. The average Bonchev–Trinajstić information content (AvgIpc) is 2.22. The number of urea groups is 1. The van der Waals surface area contributed by atoms with E-state index < -0.39 is 12.0 Å². The Morgan fingerprint density at radius 3 is 2.42 bits per heavy atom. The van der Waals surface area contributed by atoms with Gasteiger partial charge in [-0.15, -0.1) is 0 Å². The highest BCUT2D eigenvalue weighted by molar-refractivity contribution is 5.83. The van der Waals surface area contributed by atoms with E-state index in [2.05, 4.69) is 5.32 Å². The molecule has 0 aromatic carbocycles. The Kier molecular flexibility index (Phi) is 4.48. The Morgan fingerprint density at radius 2 is 1.95 bits per heavy atom. The van der Waals surface area contributed by atoms with Gasteiger partial charge in [-0.3, -0.25) is 0 Å². The second kappa shape index (κ2) is 5.39. The Bertz CT molecular complexity index is 358. The van der Waals surface area contributed by atoms with Gasteiger partial charge in [0.25, 0.3) is 0 Å². The molecular formula is C14H26N2O3. The number of aliphatic carboxylic acids is 1. The second-order valence-electron chi connectivity index (χ2n) is 7.25. The minimum atomic E-state index is -0.921. The fraction of sp³-hybridized carbons (Fsp3) is 0.857. The Labute approximate surface area is 115 Å². The highest BCUT2D eigenvalue weighted by atomic mass is 16.4. The van der Waals surface area contributed by atoms with Crippen LogP contribution in [0.25, 0.3) is 0 Å². The van der Waals surface area contributed by atoms with Gasteiger partial charge in [0.05, 0.1) is 0 Å². The molecule has 0 aromatic rings. The highest BCUT2D eigenvalue weighted by Crippen LogP contribution is 2.35. The van der Waals surface area contributed by atoms with Crippen molar-refractivity contribution in [2.24, 2.45) is 10.8 Å². The maximum absolute atomic E-state index is 12.2. The number of piperidine rings is 1. The molecule has 1 atom stereocenters. The number of carbonyl (C=O) groups is 2. The molecule has 2 N–H and O–H groups in total. The monoisotopic (exact) mass is 270 g/mol. The number of carboxylic acids is 1. The topological polar surface area (TPSA) is 69.6 Å². The molecule has 5 heteroatoms. The molecule has 1 unspecified atom stereocenters. The molecule has 2 amide bonds. The molecule has 1 aliphatic heterocycles. The van der Waals surface area contributed by atoms with Crippen LogP contribution in [0.2, 0.25) is 0 Å². The van der Waals surface area contributed by atoms with E-state index in [0.29, 0.717) is 13.1 Å². The third-order valence-corrected chi connectivity index (χ3v) is 3.54. The van der Waals surface area contributed by atoms with Crippen molar-refractivity contribution in [2.45, 2.75) is 53.5 Å². The van der Waals surface area contributed by atoms with Crippen LogP contribution < -0.4 is 5.32 Å². The maximum Gasteiger partial charge on any atom is 0.327 e. The standard InChI is InChI=1S/C14H26N2O3/c1-13(2,3)9-15-12(19)16-8-6-7-14(4,5)10(16)11(17)18/h10H,6-9H2,1-5H3,(H,15,19)(H,17,18). The summed E-state index contributed by atoms with van der Waals surface area (Å²) in [7, 11) is 0. The van der Waals surface area contributed by atoms with Crippen LogP contribution in [0.4, 0.5) is 4.79 Å². The van der Waals surface area contributed by atoms with Crippen molar-refractivity contribution in [3.05, 3.63) is 0 Å². The van der Waals surface area contributed by atoms with Gasteiger partial charge < -0.3 is 15.3 Å². The third kappa shape index (κ3) is 4.11. The summed E-state index contributed by atoms with van der Waals surface area (Å²) in [6.07, 6.45) is 1.67. The average molecular weight is 270 g/mol. The third-order valence-electron chi connectivity index (χ3n) is 3.54. The van der Waals surface area contributed by atoms with Crippen LogP contribution in [0.1, 0.15) is 47.5 Å². The summed E-state index contributed by atoms with van der Waals surface area (Å²) in [6, 6.07) is -1.02. The lowest BCUT2D eigenvalue weighted by atomic mass is 9.76. The summed E-state index contributed by atoms with van der Waals surface area (Å²) in [5.41, 5.74) is -0.400. The van der Waals surface area contributed by atoms with Crippen molar-refractivity contribution in [1.82, 2.24) is 10.2 Å². The van der Waals surface area contributed by atoms with Gasteiger partial charge in [0.2, 0.25) is 0 Å². The normalized spacial score (nSPS) is 23.0. The van der Waals surface area contributed by atoms with Crippen LogP contribution in [-0.4, -0.2) is 41.1 Å². The van der Waals surface area contributed by atoms with E-state index in [1.165, 1.54) is 4.90 Å². The molecule has 1 fully saturated rings. The van der Waals surface area contributed by atoms with E-state index in [-0.39, 0.29) is 16.9 Å². The Hall–Kier alpha value is -1.26. The number of nitrogens with zero attached hydrogens (tertiary/aromatic N) is 1. The van der Waals surface area contributed by atoms with Crippen LogP contribution in [0.5, 0.6) is 0 Å². The van der Waals surface area contributed by atoms with Crippen molar-refractivity contribution < 1.29 is 14.7 Å². The van der Waals surface area contributed by atoms with Gasteiger partial charge in [0, 0.05) is 13.1 Å². The lowest BCUT2D eigenvalue weighted by Crippen LogP contribution is -2.59. The molecule has 110 valence electrons. The molecule has 5 nitrogen and oxygen atoms in total. The van der Waals surface area contributed by atoms with E-state index in [1.807, 2.05) is 34.6 Å². The SMILES string of the molecule is CC(C)(C)CNC(=O)N1CCCC(C)(C)C1C(=O)O. The van der Waals surface area contributed by atoms with Crippen molar-refractivity contribution >= 4 is 12.0 Å². The first-order valence-corrected chi connectivity index (χ1v) is 6.82. The zero-order valence-electron chi connectivity index (χ0n) is 12.6. The molecule has 1 heterocycles. The van der Waals surface area contributed by atoms with Gasteiger partial charge in [0.15, 0.2) is 0 Å². The van der Waals surface area contributed by atoms with Crippen LogP contribution in [0.15, 0.2) is 0 Å². The largest absolute Gasteiger partial charge is 0.480 e. The van der Waals surface area contributed by atoms with Crippen LogP contribution in [-0.2, 0) is 4.79 Å². The summed E-state index contributed by atoms with van der Waals surface area (Å²) in [5, 5.41) is 12.2. The highest BCUT2D eigenvalue weighted by Gasteiger charge is 2.44.